The second-order valence-electron chi connectivity index (χ2n) is 6.03. The lowest BCUT2D eigenvalue weighted by Gasteiger charge is -2.30. The number of carbonyl (C=O) groups excluding carboxylic acids is 3. The highest BCUT2D eigenvalue weighted by atomic mass is 16.2. The third-order valence-corrected chi connectivity index (χ3v) is 4.17. The number of hydrogen-bond acceptors (Lipinski definition) is 3. The molecule has 1 aliphatic heterocycles. The number of imide groups is 2. The van der Waals surface area contributed by atoms with Gasteiger partial charge in [0.1, 0.15) is 5.70 Å². The van der Waals surface area contributed by atoms with Crippen molar-refractivity contribution in [3.8, 4) is 0 Å². The van der Waals surface area contributed by atoms with Crippen LogP contribution in [0.15, 0.2) is 36.0 Å². The van der Waals surface area contributed by atoms with E-state index in [1.165, 1.54) is 0 Å². The Morgan fingerprint density at radius 1 is 1.22 bits per heavy atom. The summed E-state index contributed by atoms with van der Waals surface area (Å²) in [6.07, 6.45) is 3.95. The van der Waals surface area contributed by atoms with Crippen LogP contribution in [0, 0.1) is 12.8 Å². The smallest absolute Gasteiger partial charge is 0.314 e. The van der Waals surface area contributed by atoms with E-state index in [0.717, 1.165) is 23.3 Å². The Labute approximate surface area is 134 Å². The molecule has 3 N–H and O–H groups in total. The van der Waals surface area contributed by atoms with Gasteiger partial charge in [-0.1, -0.05) is 17.7 Å². The molecule has 1 saturated carbocycles. The van der Waals surface area contributed by atoms with Gasteiger partial charge >= 0.3 is 6.03 Å². The van der Waals surface area contributed by atoms with Crippen LogP contribution in [0.4, 0.5) is 10.5 Å². The molecule has 0 radical (unpaired) electrons. The zero-order chi connectivity index (χ0) is 16.6. The van der Waals surface area contributed by atoms with Crippen molar-refractivity contribution in [2.45, 2.75) is 32.7 Å². The van der Waals surface area contributed by atoms with E-state index in [9.17, 15) is 14.4 Å². The molecule has 1 heterocycles. The molecule has 0 spiro atoms. The third-order valence-electron chi connectivity index (χ3n) is 4.17. The van der Waals surface area contributed by atoms with Crippen molar-refractivity contribution in [2.24, 2.45) is 5.92 Å². The Morgan fingerprint density at radius 2 is 1.87 bits per heavy atom. The zero-order valence-corrected chi connectivity index (χ0v) is 13.2. The molecule has 0 bridgehead atoms. The minimum atomic E-state index is -0.959. The second-order valence-corrected chi connectivity index (χ2v) is 6.03. The monoisotopic (exact) mass is 314 g/mol. The number of nitrogens with zero attached hydrogens (tertiary/aromatic N) is 1. The van der Waals surface area contributed by atoms with E-state index >= 15 is 0 Å². The second kappa shape index (κ2) is 5.96. The largest absolute Gasteiger partial charge is 0.335 e. The SMILES string of the molecule is CC=C([NH2+]C1CC1)C1C(=O)NC(=O)N(c2ccc(C)cc2)C1=O. The molecule has 0 aromatic heterocycles. The van der Waals surface area contributed by atoms with Crippen LogP contribution in [0.3, 0.4) is 0 Å². The van der Waals surface area contributed by atoms with Crippen LogP contribution in [-0.4, -0.2) is 23.9 Å². The Morgan fingerprint density at radius 3 is 2.43 bits per heavy atom. The Bertz CT molecular complexity index is 690. The van der Waals surface area contributed by atoms with Crippen molar-refractivity contribution in [1.82, 2.24) is 5.32 Å². The number of quaternary nitrogens is 1. The third kappa shape index (κ3) is 3.03. The maximum absolute atomic E-state index is 12.8. The summed E-state index contributed by atoms with van der Waals surface area (Å²) in [5.74, 6) is -2.00. The number of barbiturate groups is 1. The predicted octanol–water partition coefficient (Wildman–Crippen LogP) is 0.824. The van der Waals surface area contributed by atoms with Crippen LogP contribution in [-0.2, 0) is 9.59 Å². The number of nitrogens with one attached hydrogen (secondary N) is 1. The van der Waals surface area contributed by atoms with Gasteiger partial charge < -0.3 is 5.32 Å². The Balaban J connectivity index is 1.91. The van der Waals surface area contributed by atoms with Crippen LogP contribution >= 0.6 is 0 Å². The van der Waals surface area contributed by atoms with Gasteiger partial charge in [0.05, 0.1) is 11.7 Å². The zero-order valence-electron chi connectivity index (χ0n) is 13.2. The molecule has 2 aliphatic rings. The first-order valence-electron chi connectivity index (χ1n) is 7.78. The first-order chi connectivity index (χ1) is 11.0. The van der Waals surface area contributed by atoms with Crippen molar-refractivity contribution >= 4 is 23.5 Å². The number of rotatable bonds is 4. The highest BCUT2D eigenvalue weighted by Crippen LogP contribution is 2.24. The van der Waals surface area contributed by atoms with Crippen LogP contribution in [0.2, 0.25) is 0 Å². The van der Waals surface area contributed by atoms with E-state index in [2.05, 4.69) is 5.32 Å². The van der Waals surface area contributed by atoms with Gasteiger partial charge in [-0.25, -0.2) is 9.69 Å². The van der Waals surface area contributed by atoms with E-state index in [0.29, 0.717) is 17.4 Å². The van der Waals surface area contributed by atoms with Gasteiger partial charge in [0.2, 0.25) is 0 Å². The summed E-state index contributed by atoms with van der Waals surface area (Å²) >= 11 is 0. The molecule has 1 aromatic rings. The van der Waals surface area contributed by atoms with Crippen LogP contribution < -0.4 is 15.5 Å². The maximum Gasteiger partial charge on any atom is 0.335 e. The summed E-state index contributed by atoms with van der Waals surface area (Å²) in [5.41, 5.74) is 2.18. The summed E-state index contributed by atoms with van der Waals surface area (Å²) in [4.78, 5) is 38.2. The molecule has 1 aromatic carbocycles. The van der Waals surface area contributed by atoms with Crippen molar-refractivity contribution in [3.05, 3.63) is 41.6 Å². The number of hydrogen-bond donors (Lipinski definition) is 2. The number of benzene rings is 1. The van der Waals surface area contributed by atoms with Gasteiger partial charge in [0.15, 0.2) is 5.92 Å². The summed E-state index contributed by atoms with van der Waals surface area (Å²) in [6, 6.07) is 6.82. The van der Waals surface area contributed by atoms with Crippen molar-refractivity contribution in [3.63, 3.8) is 0 Å². The summed E-state index contributed by atoms with van der Waals surface area (Å²) in [5, 5.41) is 4.28. The molecular formula is C17H20N3O3+. The van der Waals surface area contributed by atoms with Crippen molar-refractivity contribution in [1.29, 1.82) is 0 Å². The molecule has 6 nitrogen and oxygen atoms in total. The van der Waals surface area contributed by atoms with Gasteiger partial charge in [0.25, 0.3) is 11.8 Å². The molecule has 4 amide bonds. The molecule has 3 rings (SSSR count). The fourth-order valence-electron chi connectivity index (χ4n) is 2.70. The predicted molar refractivity (Wildman–Crippen MR) is 84.4 cm³/mol. The lowest BCUT2D eigenvalue weighted by atomic mass is 9.99. The quantitative estimate of drug-likeness (QED) is 0.807. The van der Waals surface area contributed by atoms with E-state index in [4.69, 9.17) is 0 Å². The highest BCUT2D eigenvalue weighted by molar-refractivity contribution is 6.28. The number of carbonyl (C=O) groups is 3. The molecule has 120 valence electrons. The number of nitrogens with two attached hydrogens (primary N) is 1. The molecule has 6 heteroatoms. The highest BCUT2D eigenvalue weighted by Gasteiger charge is 2.46. The first-order valence-corrected chi connectivity index (χ1v) is 7.78. The molecule has 1 atom stereocenters. The topological polar surface area (TPSA) is 83.1 Å². The van der Waals surface area contributed by atoms with Gasteiger partial charge in [0, 0.05) is 12.8 Å². The molecule has 1 saturated heterocycles. The average molecular weight is 314 g/mol. The number of urea groups is 1. The number of aryl methyl sites for hydroxylation is 1. The number of allylic oxidation sites excluding steroid dienone is 1. The number of amides is 4. The van der Waals surface area contributed by atoms with Gasteiger partial charge in [-0.3, -0.25) is 14.9 Å². The molecule has 23 heavy (non-hydrogen) atoms. The summed E-state index contributed by atoms with van der Waals surface area (Å²) < 4.78 is 0. The van der Waals surface area contributed by atoms with Crippen molar-refractivity contribution in [2.75, 3.05) is 4.90 Å². The normalized spacial score (nSPS) is 22.3. The fourth-order valence-corrected chi connectivity index (χ4v) is 2.70. The minimum absolute atomic E-state index is 0.437. The Kier molecular flexibility index (Phi) is 4.00. The molecule has 1 aliphatic carbocycles. The standard InChI is InChI=1S/C17H19N3O3/c1-3-13(18-11-6-7-11)14-15(21)19-17(23)20(16(14)22)12-8-4-10(2)5-9-12/h3-5,8-9,11,14,18H,6-7H2,1-2H3,(H,19,21,23)/p+1. The van der Waals surface area contributed by atoms with Gasteiger partial charge in [-0.2, -0.15) is 0 Å². The lowest BCUT2D eigenvalue weighted by molar-refractivity contribution is -0.624. The average Bonchev–Trinajstić information content (AvgIpc) is 3.31. The van der Waals surface area contributed by atoms with E-state index in [1.54, 1.807) is 25.1 Å². The maximum atomic E-state index is 12.8. The first kappa shape index (κ1) is 15.4. The molecule has 1 unspecified atom stereocenters. The van der Waals surface area contributed by atoms with E-state index < -0.39 is 23.8 Å². The molecular weight excluding hydrogens is 294 g/mol. The van der Waals surface area contributed by atoms with Crippen LogP contribution in [0.25, 0.3) is 0 Å². The van der Waals surface area contributed by atoms with E-state index in [1.807, 2.05) is 24.4 Å². The van der Waals surface area contributed by atoms with Crippen molar-refractivity contribution < 1.29 is 19.7 Å². The van der Waals surface area contributed by atoms with Crippen LogP contribution in [0.5, 0.6) is 0 Å². The van der Waals surface area contributed by atoms with Gasteiger partial charge in [-0.15, -0.1) is 0 Å². The molecule has 2 fully saturated rings. The number of anilines is 1. The van der Waals surface area contributed by atoms with E-state index in [-0.39, 0.29) is 0 Å². The minimum Gasteiger partial charge on any atom is -0.314 e. The summed E-state index contributed by atoms with van der Waals surface area (Å²) in [7, 11) is 0. The summed E-state index contributed by atoms with van der Waals surface area (Å²) in [6.45, 7) is 3.73. The lowest BCUT2D eigenvalue weighted by Crippen LogP contribution is -2.86. The fraction of sp³-hybridized carbons (Fsp3) is 0.353. The Hall–Kier alpha value is -2.47. The van der Waals surface area contributed by atoms with Crippen LogP contribution in [0.1, 0.15) is 25.3 Å². The van der Waals surface area contributed by atoms with Gasteiger partial charge in [-0.05, 0) is 32.1 Å².